The maximum absolute atomic E-state index is 14.5. The van der Waals surface area contributed by atoms with E-state index >= 15 is 0 Å². The number of nitrogens with one attached hydrogen (secondary N) is 2. The molecule has 2 aromatic heterocycles. The summed E-state index contributed by atoms with van der Waals surface area (Å²) in [5.41, 5.74) is 1.57. The second-order valence-electron chi connectivity index (χ2n) is 7.66. The average Bonchev–Trinajstić information content (AvgIpc) is 2.77. The largest absolute Gasteiger partial charge is 0.355 e. The van der Waals surface area contributed by atoms with E-state index < -0.39 is 17.1 Å². The summed E-state index contributed by atoms with van der Waals surface area (Å²) >= 11 is 1.95. The Morgan fingerprint density at radius 2 is 1.79 bits per heavy atom. The van der Waals surface area contributed by atoms with Crippen LogP contribution in [0.1, 0.15) is 12.5 Å². The summed E-state index contributed by atoms with van der Waals surface area (Å²) in [4.78, 5) is 51.1. The molecule has 0 fully saturated rings. The number of carbonyl (C=O) groups is 1. The molecule has 4 rings (SSSR count). The van der Waals surface area contributed by atoms with Crippen LogP contribution in [0.25, 0.3) is 16.6 Å². The molecule has 0 saturated carbocycles. The molecule has 0 aliphatic heterocycles. The predicted octanol–water partition coefficient (Wildman–Crippen LogP) is 2.74. The Labute approximate surface area is 205 Å². The first-order chi connectivity index (χ1) is 16.1. The fourth-order valence-corrected chi connectivity index (χ4v) is 4.15. The van der Waals surface area contributed by atoms with Crippen molar-refractivity contribution in [1.29, 1.82) is 0 Å². The van der Waals surface area contributed by atoms with Crippen LogP contribution in [-0.2, 0) is 11.8 Å². The molecule has 0 bridgehead atoms. The van der Waals surface area contributed by atoms with Crippen molar-refractivity contribution < 1.29 is 9.18 Å². The third-order valence-electron chi connectivity index (χ3n) is 5.20. The number of pyridine rings is 1. The number of rotatable bonds is 4. The highest BCUT2D eigenvalue weighted by atomic mass is 127. The first-order valence-corrected chi connectivity index (χ1v) is 11.1. The maximum Gasteiger partial charge on any atom is 0.355 e. The molecule has 0 spiro atoms. The van der Waals surface area contributed by atoms with Gasteiger partial charge in [-0.1, -0.05) is 6.07 Å². The van der Waals surface area contributed by atoms with Crippen molar-refractivity contribution in [2.45, 2.75) is 13.8 Å². The molecule has 0 radical (unpaired) electrons. The van der Waals surface area contributed by atoms with Crippen molar-refractivity contribution in [3.8, 4) is 5.69 Å². The number of fused-ring (bicyclic) bond motifs is 1. The van der Waals surface area contributed by atoms with Crippen LogP contribution in [0.5, 0.6) is 0 Å². The Hall–Kier alpha value is -3.74. The lowest BCUT2D eigenvalue weighted by Crippen LogP contribution is -2.44. The van der Waals surface area contributed by atoms with Crippen LogP contribution in [0.15, 0.2) is 63.0 Å². The molecule has 34 heavy (non-hydrogen) atoms. The lowest BCUT2D eigenvalue weighted by Gasteiger charge is -2.18. The van der Waals surface area contributed by atoms with Gasteiger partial charge in [0.2, 0.25) is 5.91 Å². The predicted molar refractivity (Wildman–Crippen MR) is 136 cm³/mol. The highest BCUT2D eigenvalue weighted by Gasteiger charge is 2.20. The zero-order valence-electron chi connectivity index (χ0n) is 18.3. The van der Waals surface area contributed by atoms with E-state index in [0.29, 0.717) is 19.6 Å². The zero-order valence-corrected chi connectivity index (χ0v) is 20.5. The number of aromatic nitrogens is 3. The summed E-state index contributed by atoms with van der Waals surface area (Å²) < 4.78 is 18.3. The van der Waals surface area contributed by atoms with E-state index in [9.17, 15) is 23.6 Å². The smallest absolute Gasteiger partial charge is 0.326 e. The first-order valence-electron chi connectivity index (χ1n) is 10.1. The number of anilines is 2. The quantitative estimate of drug-likeness (QED) is 0.364. The molecule has 4 aromatic rings. The molecule has 0 aliphatic carbocycles. The number of benzene rings is 2. The number of nitrogens with zero attached hydrogens (tertiary/aromatic N) is 3. The van der Waals surface area contributed by atoms with Crippen LogP contribution in [0.4, 0.5) is 15.8 Å². The van der Waals surface area contributed by atoms with Gasteiger partial charge in [0.25, 0.3) is 11.1 Å². The minimum atomic E-state index is -0.841. The fourth-order valence-electron chi connectivity index (χ4n) is 3.69. The van der Waals surface area contributed by atoms with Crippen molar-refractivity contribution in [2.75, 3.05) is 10.7 Å². The van der Waals surface area contributed by atoms with Gasteiger partial charge in [0.15, 0.2) is 0 Å². The molecule has 2 aromatic carbocycles. The topological polar surface area (TPSA) is 107 Å². The third-order valence-corrected chi connectivity index (χ3v) is 5.87. The Bertz CT molecular complexity index is 1650. The van der Waals surface area contributed by atoms with E-state index in [4.69, 9.17) is 0 Å². The van der Waals surface area contributed by atoms with Gasteiger partial charge in [0, 0.05) is 35.0 Å². The molecule has 0 saturated heterocycles. The lowest BCUT2D eigenvalue weighted by atomic mass is 10.2. The summed E-state index contributed by atoms with van der Waals surface area (Å²) in [6.07, 6.45) is 1.34. The molecule has 0 aliphatic rings. The number of hydrogen-bond acceptors (Lipinski definition) is 5. The standard InChI is InChI=1S/C23H19FIN5O4/c1-12-20-17(11-28(3)21(12)32)22(33)30(27-19-8-7-14(25)9-18(19)24)23(34)29(20)16-6-4-5-15(10-16)26-13(2)31/h4-11,27H,1-3H3,(H,26,31). The average molecular weight is 575 g/mol. The van der Waals surface area contributed by atoms with Crippen LogP contribution in [0.3, 0.4) is 0 Å². The molecule has 11 heteroatoms. The number of hydrogen-bond donors (Lipinski definition) is 2. The molecular weight excluding hydrogens is 556 g/mol. The van der Waals surface area contributed by atoms with Gasteiger partial charge in [0.1, 0.15) is 5.82 Å². The van der Waals surface area contributed by atoms with Crippen molar-refractivity contribution in [3.05, 3.63) is 94.8 Å². The number of aryl methyl sites for hydroxylation is 2. The zero-order chi connectivity index (χ0) is 24.7. The van der Waals surface area contributed by atoms with Crippen molar-refractivity contribution in [2.24, 2.45) is 7.05 Å². The van der Waals surface area contributed by atoms with E-state index in [-0.39, 0.29) is 33.6 Å². The van der Waals surface area contributed by atoms with Crippen LogP contribution >= 0.6 is 22.6 Å². The minimum absolute atomic E-state index is 0.0703. The van der Waals surface area contributed by atoms with Gasteiger partial charge in [-0.15, -0.1) is 0 Å². The van der Waals surface area contributed by atoms with Gasteiger partial charge in [-0.2, -0.15) is 4.68 Å². The van der Waals surface area contributed by atoms with Gasteiger partial charge in [-0.25, -0.2) is 9.18 Å². The van der Waals surface area contributed by atoms with E-state index in [1.807, 2.05) is 22.6 Å². The van der Waals surface area contributed by atoms with E-state index in [2.05, 4.69) is 10.7 Å². The van der Waals surface area contributed by atoms with Crippen molar-refractivity contribution in [3.63, 3.8) is 0 Å². The minimum Gasteiger partial charge on any atom is -0.326 e. The Morgan fingerprint density at radius 1 is 1.06 bits per heavy atom. The van der Waals surface area contributed by atoms with Gasteiger partial charge in [-0.05, 0) is 65.9 Å². The van der Waals surface area contributed by atoms with Crippen LogP contribution in [0, 0.1) is 16.3 Å². The second kappa shape index (κ2) is 8.89. The number of carbonyl (C=O) groups excluding carboxylic acids is 1. The molecule has 2 N–H and O–H groups in total. The van der Waals surface area contributed by atoms with Gasteiger partial charge in [-0.3, -0.25) is 24.4 Å². The Kier molecular flexibility index (Phi) is 6.13. The normalized spacial score (nSPS) is 11.0. The van der Waals surface area contributed by atoms with E-state index in [1.54, 1.807) is 30.3 Å². The molecule has 0 unspecified atom stereocenters. The summed E-state index contributed by atoms with van der Waals surface area (Å²) in [6.45, 7) is 2.87. The highest BCUT2D eigenvalue weighted by Crippen LogP contribution is 2.20. The summed E-state index contributed by atoms with van der Waals surface area (Å²) in [5, 5.41) is 2.71. The second-order valence-corrected chi connectivity index (χ2v) is 8.90. The molecular formula is C23H19FIN5O4. The van der Waals surface area contributed by atoms with Gasteiger partial charge in [0.05, 0.1) is 22.3 Å². The van der Waals surface area contributed by atoms with Crippen LogP contribution < -0.4 is 27.6 Å². The highest BCUT2D eigenvalue weighted by molar-refractivity contribution is 14.1. The van der Waals surface area contributed by atoms with E-state index in [1.165, 1.54) is 48.4 Å². The van der Waals surface area contributed by atoms with Crippen molar-refractivity contribution >= 4 is 50.8 Å². The molecule has 9 nitrogen and oxygen atoms in total. The van der Waals surface area contributed by atoms with Crippen LogP contribution in [-0.4, -0.2) is 19.7 Å². The van der Waals surface area contributed by atoms with Gasteiger partial charge < -0.3 is 9.88 Å². The van der Waals surface area contributed by atoms with Crippen LogP contribution in [0.2, 0.25) is 0 Å². The third kappa shape index (κ3) is 4.14. The Balaban J connectivity index is 2.09. The maximum atomic E-state index is 14.5. The van der Waals surface area contributed by atoms with E-state index in [0.717, 1.165) is 0 Å². The summed E-state index contributed by atoms with van der Waals surface area (Å²) in [5.74, 6) is -0.950. The summed E-state index contributed by atoms with van der Waals surface area (Å²) in [7, 11) is 1.50. The molecule has 2 heterocycles. The number of amides is 1. The lowest BCUT2D eigenvalue weighted by molar-refractivity contribution is -0.114. The van der Waals surface area contributed by atoms with Gasteiger partial charge >= 0.3 is 5.69 Å². The van der Waals surface area contributed by atoms with Crippen molar-refractivity contribution in [1.82, 2.24) is 13.8 Å². The SMILES string of the molecule is CC(=O)Nc1cccc(-n2c(=O)n(Nc3ccc(I)cc3F)c(=O)c3cn(C)c(=O)c(C)c32)c1. The Morgan fingerprint density at radius 3 is 2.47 bits per heavy atom. The number of halogens is 2. The molecule has 0 atom stereocenters. The molecule has 174 valence electrons. The fraction of sp³-hybridized carbons (Fsp3) is 0.130. The summed E-state index contributed by atoms with van der Waals surface area (Å²) in [6, 6.07) is 10.7. The first kappa shape index (κ1) is 23.4. The monoisotopic (exact) mass is 575 g/mol. The molecule has 1 amide bonds.